The van der Waals surface area contributed by atoms with E-state index in [1.807, 2.05) is 37.4 Å². The number of piperidine rings is 1. The number of nitrogens with zero attached hydrogens (tertiary/aromatic N) is 4. The smallest absolute Gasteiger partial charge is 0.387 e. The molecule has 234 valence electrons. The number of piperazine rings is 1. The topological polar surface area (TPSA) is 86.1 Å². The molecule has 2 saturated heterocycles. The van der Waals surface area contributed by atoms with E-state index in [0.717, 1.165) is 31.5 Å². The van der Waals surface area contributed by atoms with Crippen LogP contribution in [0.4, 0.5) is 13.2 Å². The van der Waals surface area contributed by atoms with Gasteiger partial charge in [0.15, 0.2) is 0 Å². The van der Waals surface area contributed by atoms with E-state index in [0.29, 0.717) is 37.1 Å². The van der Waals surface area contributed by atoms with Crippen LogP contribution in [0.15, 0.2) is 47.4 Å². The minimum Gasteiger partial charge on any atom is -0.387 e. The first-order valence-electron chi connectivity index (χ1n) is 15.2. The van der Waals surface area contributed by atoms with E-state index in [2.05, 4.69) is 4.90 Å². The fraction of sp³-hybridized carbons (Fsp3) is 0.594. The summed E-state index contributed by atoms with van der Waals surface area (Å²) in [4.78, 5) is 45.9. The zero-order valence-electron chi connectivity index (χ0n) is 24.9. The standard InChI is InChI=1S/C32H41F3N4O4/c1-23(19-32(33,34)35)28(41)38-13-12-31(43,30(21-38)10-6-7-11-30)22-39-20-26(29(42)37-16-14-36(2)15-17-37)25(18-27(39)40)24-8-4-3-5-9-24/h3-5,8-9,18,20,23,43H,6-7,10-17,19,21-22H2,1-2H3/t23?,31-/m1/s1. The number of halogens is 3. The fourth-order valence-electron chi connectivity index (χ4n) is 7.22. The van der Waals surface area contributed by atoms with Crippen LogP contribution in [0.1, 0.15) is 55.8 Å². The molecule has 1 aromatic carbocycles. The van der Waals surface area contributed by atoms with Gasteiger partial charge >= 0.3 is 6.18 Å². The van der Waals surface area contributed by atoms with Crippen LogP contribution < -0.4 is 5.56 Å². The summed E-state index contributed by atoms with van der Waals surface area (Å²) in [6, 6.07) is 10.7. The maximum Gasteiger partial charge on any atom is 0.389 e. The molecule has 0 bridgehead atoms. The lowest BCUT2D eigenvalue weighted by atomic mass is 9.65. The molecule has 5 rings (SSSR count). The normalized spacial score (nSPS) is 23.5. The molecule has 2 atom stereocenters. The maximum absolute atomic E-state index is 13.9. The third-order valence-corrected chi connectivity index (χ3v) is 9.77. The molecule has 0 radical (unpaired) electrons. The Morgan fingerprint density at radius 2 is 1.63 bits per heavy atom. The number of amides is 2. The molecule has 2 aliphatic heterocycles. The highest BCUT2D eigenvalue weighted by Gasteiger charge is 2.56. The molecule has 8 nitrogen and oxygen atoms in total. The van der Waals surface area contributed by atoms with Gasteiger partial charge in [0.1, 0.15) is 0 Å². The van der Waals surface area contributed by atoms with Gasteiger partial charge in [-0.15, -0.1) is 0 Å². The number of hydrogen-bond donors (Lipinski definition) is 1. The van der Waals surface area contributed by atoms with Gasteiger partial charge < -0.3 is 24.4 Å². The van der Waals surface area contributed by atoms with Crippen LogP contribution in [-0.2, 0) is 11.3 Å². The predicted octanol–water partition coefficient (Wildman–Crippen LogP) is 4.02. The molecule has 2 amide bonds. The molecule has 2 aromatic rings. The van der Waals surface area contributed by atoms with Crippen molar-refractivity contribution in [3.63, 3.8) is 0 Å². The van der Waals surface area contributed by atoms with E-state index in [4.69, 9.17) is 0 Å². The number of pyridine rings is 1. The zero-order valence-corrected chi connectivity index (χ0v) is 24.9. The summed E-state index contributed by atoms with van der Waals surface area (Å²) < 4.78 is 40.5. The number of alkyl halides is 3. The lowest BCUT2D eigenvalue weighted by Gasteiger charge is -2.52. The lowest BCUT2D eigenvalue weighted by Crippen LogP contribution is -2.62. The number of carbonyl (C=O) groups excluding carboxylic acids is 2. The van der Waals surface area contributed by atoms with Gasteiger partial charge in [-0.1, -0.05) is 50.1 Å². The van der Waals surface area contributed by atoms with Crippen LogP contribution in [0, 0.1) is 11.3 Å². The van der Waals surface area contributed by atoms with Crippen molar-refractivity contribution in [1.82, 2.24) is 19.3 Å². The summed E-state index contributed by atoms with van der Waals surface area (Å²) in [6.45, 7) is 4.08. The average Bonchev–Trinajstić information content (AvgIpc) is 3.45. The first-order chi connectivity index (χ1) is 20.3. The SMILES string of the molecule is CC(CC(F)(F)F)C(=O)N1CC[C@@](O)(Cn2cc(C(=O)N3CCN(C)CC3)c(-c3ccccc3)cc2=O)C2(CCCC2)C1. The number of likely N-dealkylation sites (N-methyl/N-ethyl adjacent to an activating group) is 1. The number of hydrogen-bond acceptors (Lipinski definition) is 5. The number of likely N-dealkylation sites (tertiary alicyclic amines) is 1. The van der Waals surface area contributed by atoms with E-state index in [9.17, 15) is 32.7 Å². The summed E-state index contributed by atoms with van der Waals surface area (Å²) >= 11 is 0. The molecule has 1 unspecified atom stereocenters. The van der Waals surface area contributed by atoms with E-state index in [1.54, 1.807) is 11.1 Å². The van der Waals surface area contributed by atoms with E-state index >= 15 is 0 Å². The second-order valence-electron chi connectivity index (χ2n) is 12.8. The van der Waals surface area contributed by atoms with Crippen LogP contribution in [0.3, 0.4) is 0 Å². The van der Waals surface area contributed by atoms with Gasteiger partial charge in [-0.25, -0.2) is 0 Å². The molecule has 3 fully saturated rings. The maximum atomic E-state index is 13.9. The van der Waals surface area contributed by atoms with Gasteiger partial charge in [-0.2, -0.15) is 13.2 Å². The molecule has 1 spiro atoms. The Morgan fingerprint density at radius 3 is 2.26 bits per heavy atom. The monoisotopic (exact) mass is 602 g/mol. The summed E-state index contributed by atoms with van der Waals surface area (Å²) in [7, 11) is 2.01. The molecular weight excluding hydrogens is 561 g/mol. The quantitative estimate of drug-likeness (QED) is 0.540. The van der Waals surface area contributed by atoms with Gasteiger partial charge in [0, 0.05) is 68.4 Å². The molecule has 3 aliphatic rings. The highest BCUT2D eigenvalue weighted by atomic mass is 19.4. The van der Waals surface area contributed by atoms with Crippen molar-refractivity contribution in [2.24, 2.45) is 11.3 Å². The number of carbonyl (C=O) groups is 2. The van der Waals surface area contributed by atoms with Crippen molar-refractivity contribution in [3.8, 4) is 11.1 Å². The third kappa shape index (κ3) is 6.52. The first-order valence-corrected chi connectivity index (χ1v) is 15.2. The van der Waals surface area contributed by atoms with Crippen molar-refractivity contribution >= 4 is 11.8 Å². The summed E-state index contributed by atoms with van der Waals surface area (Å²) in [5, 5.41) is 12.2. The Bertz CT molecular complexity index is 1380. The third-order valence-electron chi connectivity index (χ3n) is 9.77. The van der Waals surface area contributed by atoms with Gasteiger partial charge in [0.25, 0.3) is 11.5 Å². The van der Waals surface area contributed by atoms with Crippen LogP contribution in [-0.4, -0.2) is 94.3 Å². The molecule has 1 saturated carbocycles. The van der Waals surface area contributed by atoms with Crippen molar-refractivity contribution in [1.29, 1.82) is 0 Å². The Kier molecular flexibility index (Phi) is 8.77. The van der Waals surface area contributed by atoms with Gasteiger partial charge in [-0.3, -0.25) is 14.4 Å². The first kappa shape index (κ1) is 31.3. The van der Waals surface area contributed by atoms with Crippen molar-refractivity contribution < 1.29 is 27.9 Å². The summed E-state index contributed by atoms with van der Waals surface area (Å²) in [5.41, 5.74) is -0.819. The molecular formula is C32H41F3N4O4. The van der Waals surface area contributed by atoms with Crippen LogP contribution >= 0.6 is 0 Å². The second-order valence-corrected chi connectivity index (χ2v) is 12.8. The number of aromatic nitrogens is 1. The molecule has 1 aliphatic carbocycles. The van der Waals surface area contributed by atoms with Crippen molar-refractivity contribution in [2.75, 3.05) is 46.3 Å². The Labute approximate surface area is 250 Å². The Balaban J connectivity index is 1.46. The number of benzene rings is 1. The molecule has 43 heavy (non-hydrogen) atoms. The second kappa shape index (κ2) is 12.1. The van der Waals surface area contributed by atoms with Crippen LogP contribution in [0.25, 0.3) is 11.1 Å². The minimum atomic E-state index is -4.44. The predicted molar refractivity (Wildman–Crippen MR) is 156 cm³/mol. The average molecular weight is 603 g/mol. The highest BCUT2D eigenvalue weighted by molar-refractivity contribution is 6.00. The van der Waals surface area contributed by atoms with Gasteiger partial charge in [0.2, 0.25) is 5.91 Å². The van der Waals surface area contributed by atoms with Gasteiger partial charge in [0.05, 0.1) is 24.1 Å². The van der Waals surface area contributed by atoms with Crippen molar-refractivity contribution in [2.45, 2.75) is 63.8 Å². The van der Waals surface area contributed by atoms with E-state index in [1.165, 1.54) is 22.5 Å². The summed E-state index contributed by atoms with van der Waals surface area (Å²) in [6.07, 6.45) is -1.10. The summed E-state index contributed by atoms with van der Waals surface area (Å²) in [5.74, 6) is -1.95. The number of rotatable bonds is 6. The highest BCUT2D eigenvalue weighted by Crippen LogP contribution is 2.52. The molecule has 3 heterocycles. The van der Waals surface area contributed by atoms with E-state index < -0.39 is 35.4 Å². The largest absolute Gasteiger partial charge is 0.389 e. The number of aliphatic hydroxyl groups is 1. The molecule has 1 aromatic heterocycles. The van der Waals surface area contributed by atoms with Gasteiger partial charge in [-0.05, 0) is 31.9 Å². The van der Waals surface area contributed by atoms with Crippen molar-refractivity contribution in [3.05, 3.63) is 58.5 Å². The minimum absolute atomic E-state index is 0.0654. The van der Waals surface area contributed by atoms with Crippen LogP contribution in [0.5, 0.6) is 0 Å². The van der Waals surface area contributed by atoms with Crippen LogP contribution in [0.2, 0.25) is 0 Å². The van der Waals surface area contributed by atoms with E-state index in [-0.39, 0.29) is 37.5 Å². The lowest BCUT2D eigenvalue weighted by molar-refractivity contribution is -0.172. The Hall–Kier alpha value is -3.18. The fourth-order valence-corrected chi connectivity index (χ4v) is 7.22. The molecule has 11 heteroatoms. The Morgan fingerprint density at radius 1 is 0.977 bits per heavy atom. The zero-order chi connectivity index (χ0) is 31.0. The molecule has 1 N–H and O–H groups in total.